The molecule has 1 heterocycles. The molecule has 1 aromatic heterocycles. The van der Waals surface area contributed by atoms with E-state index in [-0.39, 0.29) is 23.8 Å². The van der Waals surface area contributed by atoms with E-state index in [1.807, 2.05) is 19.9 Å². The van der Waals surface area contributed by atoms with Crippen LogP contribution in [0.15, 0.2) is 6.07 Å². The van der Waals surface area contributed by atoms with E-state index in [9.17, 15) is 9.59 Å². The molecule has 130 valence electrons. The Morgan fingerprint density at radius 2 is 1.91 bits per heavy atom. The first-order valence-corrected chi connectivity index (χ1v) is 8.31. The Kier molecular flexibility index (Phi) is 6.79. The molecule has 0 spiro atoms. The predicted octanol–water partition coefficient (Wildman–Crippen LogP) is 2.10. The van der Waals surface area contributed by atoms with Crippen molar-refractivity contribution in [3.8, 4) is 0 Å². The summed E-state index contributed by atoms with van der Waals surface area (Å²) in [5.74, 6) is -0.268. The first-order valence-electron chi connectivity index (χ1n) is 8.31. The lowest BCUT2D eigenvalue weighted by Gasteiger charge is -2.21. The van der Waals surface area contributed by atoms with Gasteiger partial charge in [0.25, 0.3) is 5.91 Å². The molecule has 0 atom stereocenters. The van der Waals surface area contributed by atoms with Crippen molar-refractivity contribution in [2.24, 2.45) is 7.05 Å². The largest absolute Gasteiger partial charge is 0.355 e. The number of carbonyl (C=O) groups excluding carboxylic acids is 2. The van der Waals surface area contributed by atoms with Crippen LogP contribution in [0.25, 0.3) is 0 Å². The third-order valence-corrected chi connectivity index (χ3v) is 3.55. The van der Waals surface area contributed by atoms with Crippen LogP contribution in [0, 0.1) is 0 Å². The summed E-state index contributed by atoms with van der Waals surface area (Å²) < 4.78 is 1.61. The molecule has 0 saturated heterocycles. The van der Waals surface area contributed by atoms with E-state index < -0.39 is 0 Å². The average molecular weight is 322 g/mol. The summed E-state index contributed by atoms with van der Waals surface area (Å²) in [6, 6.07) is 1.83. The van der Waals surface area contributed by atoms with Crippen LogP contribution < -0.4 is 5.32 Å². The van der Waals surface area contributed by atoms with Crippen LogP contribution in [0.4, 0.5) is 0 Å². The molecule has 0 unspecified atom stereocenters. The lowest BCUT2D eigenvalue weighted by molar-refractivity contribution is -0.121. The standard InChI is InChI=1S/C17H30N4O2/c1-7-9-18-15(22)12-21(10-8-2)16(23)13-11-14(17(3,4)5)19-20(13)6/h11H,7-10,12H2,1-6H3,(H,18,22). The number of amides is 2. The van der Waals surface area contributed by atoms with Crippen molar-refractivity contribution < 1.29 is 9.59 Å². The molecule has 0 aliphatic carbocycles. The van der Waals surface area contributed by atoms with Gasteiger partial charge in [-0.15, -0.1) is 0 Å². The van der Waals surface area contributed by atoms with Gasteiger partial charge in [0.05, 0.1) is 12.2 Å². The van der Waals surface area contributed by atoms with Crippen LogP contribution in [-0.2, 0) is 17.3 Å². The van der Waals surface area contributed by atoms with Gasteiger partial charge in [-0.25, -0.2) is 0 Å². The van der Waals surface area contributed by atoms with Crippen molar-refractivity contribution in [1.82, 2.24) is 20.0 Å². The van der Waals surface area contributed by atoms with Crippen molar-refractivity contribution in [2.45, 2.75) is 52.9 Å². The van der Waals surface area contributed by atoms with Gasteiger partial charge in [-0.2, -0.15) is 5.10 Å². The SMILES string of the molecule is CCCNC(=O)CN(CCC)C(=O)c1cc(C(C)(C)C)nn1C. The van der Waals surface area contributed by atoms with Crippen molar-refractivity contribution in [2.75, 3.05) is 19.6 Å². The Balaban J connectivity index is 2.93. The van der Waals surface area contributed by atoms with Crippen LogP contribution in [-0.4, -0.2) is 46.1 Å². The summed E-state index contributed by atoms with van der Waals surface area (Å²) in [7, 11) is 1.77. The monoisotopic (exact) mass is 322 g/mol. The smallest absolute Gasteiger partial charge is 0.272 e. The Labute approximate surface area is 139 Å². The zero-order valence-electron chi connectivity index (χ0n) is 15.3. The van der Waals surface area contributed by atoms with E-state index in [1.54, 1.807) is 16.6 Å². The molecule has 1 rings (SSSR count). The van der Waals surface area contributed by atoms with Gasteiger partial charge < -0.3 is 10.2 Å². The molecular weight excluding hydrogens is 292 g/mol. The highest BCUT2D eigenvalue weighted by Crippen LogP contribution is 2.22. The normalized spacial score (nSPS) is 11.4. The van der Waals surface area contributed by atoms with Crippen molar-refractivity contribution in [3.63, 3.8) is 0 Å². The molecule has 0 fully saturated rings. The van der Waals surface area contributed by atoms with E-state index in [0.717, 1.165) is 18.5 Å². The zero-order valence-corrected chi connectivity index (χ0v) is 15.3. The summed E-state index contributed by atoms with van der Waals surface area (Å²) in [6.07, 6.45) is 1.68. The minimum absolute atomic E-state index is 0.0860. The highest BCUT2D eigenvalue weighted by molar-refractivity contribution is 5.95. The molecule has 0 radical (unpaired) electrons. The summed E-state index contributed by atoms with van der Waals surface area (Å²) in [5.41, 5.74) is 1.27. The summed E-state index contributed by atoms with van der Waals surface area (Å²) in [6.45, 7) is 11.4. The minimum Gasteiger partial charge on any atom is -0.355 e. The fourth-order valence-electron chi connectivity index (χ4n) is 2.21. The number of carbonyl (C=O) groups is 2. The van der Waals surface area contributed by atoms with Gasteiger partial charge in [-0.1, -0.05) is 34.6 Å². The lowest BCUT2D eigenvalue weighted by atomic mass is 9.92. The molecular formula is C17H30N4O2. The minimum atomic E-state index is -0.149. The number of nitrogens with one attached hydrogen (secondary N) is 1. The molecule has 0 saturated carbocycles. The van der Waals surface area contributed by atoms with Gasteiger partial charge in [0.15, 0.2) is 0 Å². The maximum absolute atomic E-state index is 12.8. The molecule has 6 nitrogen and oxygen atoms in total. The molecule has 0 bridgehead atoms. The van der Waals surface area contributed by atoms with E-state index in [0.29, 0.717) is 18.8 Å². The predicted molar refractivity (Wildman–Crippen MR) is 91.4 cm³/mol. The summed E-state index contributed by atoms with van der Waals surface area (Å²) >= 11 is 0. The molecule has 0 aliphatic heterocycles. The second-order valence-corrected chi connectivity index (χ2v) is 6.87. The molecule has 1 N–H and O–H groups in total. The quantitative estimate of drug-likeness (QED) is 0.836. The van der Waals surface area contributed by atoms with Crippen LogP contribution >= 0.6 is 0 Å². The molecule has 0 aromatic carbocycles. The fraction of sp³-hybridized carbons (Fsp3) is 0.706. The van der Waals surface area contributed by atoms with Crippen LogP contribution in [0.2, 0.25) is 0 Å². The Morgan fingerprint density at radius 1 is 1.26 bits per heavy atom. The summed E-state index contributed by atoms with van der Waals surface area (Å²) in [5, 5.41) is 7.26. The van der Waals surface area contributed by atoms with E-state index in [1.165, 1.54) is 0 Å². The first-order chi connectivity index (χ1) is 10.7. The zero-order chi connectivity index (χ0) is 17.6. The van der Waals surface area contributed by atoms with Crippen LogP contribution in [0.5, 0.6) is 0 Å². The third-order valence-electron chi connectivity index (χ3n) is 3.55. The highest BCUT2D eigenvalue weighted by atomic mass is 16.2. The molecule has 1 aromatic rings. The number of aryl methyl sites for hydroxylation is 1. The number of aromatic nitrogens is 2. The van der Waals surface area contributed by atoms with Crippen molar-refractivity contribution >= 4 is 11.8 Å². The van der Waals surface area contributed by atoms with Gasteiger partial charge >= 0.3 is 0 Å². The molecule has 0 aliphatic rings. The van der Waals surface area contributed by atoms with Crippen molar-refractivity contribution in [1.29, 1.82) is 0 Å². The molecule has 2 amide bonds. The third kappa shape index (κ3) is 5.37. The highest BCUT2D eigenvalue weighted by Gasteiger charge is 2.25. The van der Waals surface area contributed by atoms with E-state index in [2.05, 4.69) is 31.2 Å². The van der Waals surface area contributed by atoms with Gasteiger partial charge in [0.1, 0.15) is 5.69 Å². The molecule has 23 heavy (non-hydrogen) atoms. The second-order valence-electron chi connectivity index (χ2n) is 6.87. The van der Waals surface area contributed by atoms with Crippen LogP contribution in [0.3, 0.4) is 0 Å². The van der Waals surface area contributed by atoms with E-state index >= 15 is 0 Å². The topological polar surface area (TPSA) is 67.2 Å². The maximum atomic E-state index is 12.8. The van der Waals surface area contributed by atoms with E-state index in [4.69, 9.17) is 0 Å². The Hall–Kier alpha value is -1.85. The van der Waals surface area contributed by atoms with Crippen molar-refractivity contribution in [3.05, 3.63) is 17.5 Å². The average Bonchev–Trinajstić information content (AvgIpc) is 2.86. The second kappa shape index (κ2) is 8.13. The number of nitrogens with zero attached hydrogens (tertiary/aromatic N) is 3. The Bertz CT molecular complexity index is 543. The fourth-order valence-corrected chi connectivity index (χ4v) is 2.21. The first kappa shape index (κ1) is 19.2. The summed E-state index contributed by atoms with van der Waals surface area (Å²) in [4.78, 5) is 26.3. The molecule has 6 heteroatoms. The van der Waals surface area contributed by atoms with Crippen LogP contribution in [0.1, 0.15) is 63.6 Å². The lowest BCUT2D eigenvalue weighted by Crippen LogP contribution is -2.41. The van der Waals surface area contributed by atoms with Gasteiger partial charge in [-0.3, -0.25) is 14.3 Å². The Morgan fingerprint density at radius 3 is 2.39 bits per heavy atom. The number of hydrogen-bond donors (Lipinski definition) is 1. The van der Waals surface area contributed by atoms with Gasteiger partial charge in [-0.05, 0) is 18.9 Å². The van der Waals surface area contributed by atoms with Gasteiger partial charge in [0, 0.05) is 25.6 Å². The number of hydrogen-bond acceptors (Lipinski definition) is 3. The number of rotatable bonds is 7. The maximum Gasteiger partial charge on any atom is 0.272 e. The van der Waals surface area contributed by atoms with Gasteiger partial charge in [0.2, 0.25) is 5.91 Å².